The van der Waals surface area contributed by atoms with E-state index in [1.54, 1.807) is 29.0 Å². The highest BCUT2D eigenvalue weighted by Crippen LogP contribution is 2.33. The van der Waals surface area contributed by atoms with E-state index in [4.69, 9.17) is 0 Å². The first kappa shape index (κ1) is 19.6. The minimum Gasteiger partial charge on any atom is -0.348 e. The van der Waals surface area contributed by atoms with Gasteiger partial charge in [-0.15, -0.1) is 22.7 Å². The first-order valence-corrected chi connectivity index (χ1v) is 11.0. The van der Waals surface area contributed by atoms with Crippen LogP contribution >= 0.6 is 22.7 Å². The number of amides is 2. The second-order valence-electron chi connectivity index (χ2n) is 5.80. The van der Waals surface area contributed by atoms with E-state index in [0.29, 0.717) is 11.4 Å². The Morgan fingerprint density at radius 3 is 2.12 bits per heavy atom. The Bertz CT molecular complexity index is 797. The Kier molecular flexibility index (Phi) is 6.74. The zero-order valence-electron chi connectivity index (χ0n) is 13.9. The van der Waals surface area contributed by atoms with Gasteiger partial charge in [-0.2, -0.15) is 0 Å². The van der Waals surface area contributed by atoms with Crippen molar-refractivity contribution in [2.24, 2.45) is 5.92 Å². The second kappa shape index (κ2) is 8.59. The molecule has 1 atom stereocenters. The number of carbonyl (C=O) groups is 2. The molecule has 0 saturated heterocycles. The predicted molar refractivity (Wildman–Crippen MR) is 99.4 cm³/mol. The van der Waals surface area contributed by atoms with Crippen molar-refractivity contribution in [2.75, 3.05) is 13.1 Å². The summed E-state index contributed by atoms with van der Waals surface area (Å²) < 4.78 is 25.9. The topological polar surface area (TPSA) is 92.3 Å². The number of rotatable bonds is 7. The number of thiophene rings is 2. The summed E-state index contributed by atoms with van der Waals surface area (Å²) in [7, 11) is -3.65. The molecular weight excluding hydrogens is 380 g/mol. The maximum absolute atomic E-state index is 12.9. The van der Waals surface area contributed by atoms with E-state index in [0.717, 1.165) is 11.3 Å². The number of hydrogen-bond acceptors (Lipinski definition) is 6. The molecule has 2 amide bonds. The van der Waals surface area contributed by atoms with Crippen LogP contribution in [0, 0.1) is 5.92 Å². The van der Waals surface area contributed by atoms with E-state index in [-0.39, 0.29) is 16.7 Å². The van der Waals surface area contributed by atoms with Crippen molar-refractivity contribution >= 4 is 44.3 Å². The summed E-state index contributed by atoms with van der Waals surface area (Å²) in [5.74, 6) is -1.37. The molecule has 0 radical (unpaired) electrons. The van der Waals surface area contributed by atoms with Crippen molar-refractivity contribution in [3.63, 3.8) is 0 Å². The number of carbonyl (C=O) groups excluding carboxylic acids is 2. The highest BCUT2D eigenvalue weighted by atomic mass is 32.2. The lowest BCUT2D eigenvalue weighted by Crippen LogP contribution is -2.43. The number of sulfone groups is 1. The van der Waals surface area contributed by atoms with Crippen LogP contribution in [0.5, 0.6) is 0 Å². The van der Waals surface area contributed by atoms with Gasteiger partial charge in [-0.3, -0.25) is 9.59 Å². The summed E-state index contributed by atoms with van der Waals surface area (Å²) in [6, 6.07) is 6.68. The fraction of sp³-hybridized carbons (Fsp3) is 0.375. The molecule has 2 aromatic heterocycles. The molecule has 0 bridgehead atoms. The molecule has 0 aromatic carbocycles. The van der Waals surface area contributed by atoms with Crippen LogP contribution in [0.2, 0.25) is 0 Å². The van der Waals surface area contributed by atoms with Crippen LogP contribution in [0.25, 0.3) is 0 Å². The van der Waals surface area contributed by atoms with Crippen LogP contribution in [0.1, 0.15) is 24.0 Å². The zero-order chi connectivity index (χ0) is 18.4. The Hall–Kier alpha value is -1.71. The molecule has 136 valence electrons. The molecule has 0 aliphatic heterocycles. The van der Waals surface area contributed by atoms with Gasteiger partial charge < -0.3 is 10.6 Å². The molecule has 0 spiro atoms. The third kappa shape index (κ3) is 5.13. The third-order valence-corrected chi connectivity index (χ3v) is 7.98. The lowest BCUT2D eigenvalue weighted by Gasteiger charge is -2.16. The van der Waals surface area contributed by atoms with Crippen LogP contribution in [0.3, 0.4) is 0 Å². The molecule has 0 aliphatic rings. The summed E-state index contributed by atoms with van der Waals surface area (Å²) in [4.78, 5) is 24.3. The average Bonchev–Trinajstić information content (AvgIpc) is 3.25. The summed E-state index contributed by atoms with van der Waals surface area (Å²) in [5.41, 5.74) is 0. The smallest absolute Gasteiger partial charge is 0.309 e. The lowest BCUT2D eigenvalue weighted by atomic mass is 10.2. The molecule has 9 heteroatoms. The average molecular weight is 401 g/mol. The van der Waals surface area contributed by atoms with E-state index >= 15 is 0 Å². The summed E-state index contributed by atoms with van der Waals surface area (Å²) in [5, 5.41) is 7.50. The summed E-state index contributed by atoms with van der Waals surface area (Å²) >= 11 is 2.44. The molecule has 2 heterocycles. The molecular formula is C16H20N2O4S3. The SMILES string of the molecule is CC(C)CNC(=O)C(=O)NC[C@H](c1cccs1)S(=O)(=O)c1cccs1. The van der Waals surface area contributed by atoms with Crippen LogP contribution in [-0.4, -0.2) is 33.3 Å². The van der Waals surface area contributed by atoms with Crippen LogP contribution < -0.4 is 10.6 Å². The minimum atomic E-state index is -3.65. The normalized spacial score (nSPS) is 12.8. The van der Waals surface area contributed by atoms with Crippen LogP contribution in [-0.2, 0) is 19.4 Å². The van der Waals surface area contributed by atoms with Gasteiger partial charge in [0.05, 0.1) is 0 Å². The van der Waals surface area contributed by atoms with E-state index in [9.17, 15) is 18.0 Å². The monoisotopic (exact) mass is 400 g/mol. The van der Waals surface area contributed by atoms with E-state index in [2.05, 4.69) is 10.6 Å². The summed E-state index contributed by atoms with van der Waals surface area (Å²) in [6.07, 6.45) is 0. The Labute approximate surface area is 155 Å². The lowest BCUT2D eigenvalue weighted by molar-refractivity contribution is -0.139. The predicted octanol–water partition coefficient (Wildman–Crippen LogP) is 2.21. The van der Waals surface area contributed by atoms with Gasteiger partial charge in [0, 0.05) is 18.0 Å². The molecule has 6 nitrogen and oxygen atoms in total. The van der Waals surface area contributed by atoms with Crippen LogP contribution in [0.15, 0.2) is 39.2 Å². The number of hydrogen-bond donors (Lipinski definition) is 2. The third-order valence-electron chi connectivity index (χ3n) is 3.34. The van der Waals surface area contributed by atoms with Gasteiger partial charge in [0.25, 0.3) is 0 Å². The highest BCUT2D eigenvalue weighted by molar-refractivity contribution is 7.93. The van der Waals surface area contributed by atoms with Crippen molar-refractivity contribution in [1.29, 1.82) is 0 Å². The van der Waals surface area contributed by atoms with Crippen molar-refractivity contribution in [1.82, 2.24) is 10.6 Å². The van der Waals surface area contributed by atoms with Gasteiger partial charge >= 0.3 is 11.8 Å². The molecule has 0 saturated carbocycles. The van der Waals surface area contributed by atoms with E-state index < -0.39 is 26.9 Å². The largest absolute Gasteiger partial charge is 0.348 e. The van der Waals surface area contributed by atoms with E-state index in [1.807, 2.05) is 13.8 Å². The zero-order valence-corrected chi connectivity index (χ0v) is 16.3. The Morgan fingerprint density at radius 1 is 1.00 bits per heavy atom. The Morgan fingerprint density at radius 2 is 1.60 bits per heavy atom. The van der Waals surface area contributed by atoms with Crippen molar-refractivity contribution in [3.05, 3.63) is 39.9 Å². The van der Waals surface area contributed by atoms with E-state index in [1.165, 1.54) is 17.4 Å². The quantitative estimate of drug-likeness (QED) is 0.697. The minimum absolute atomic E-state index is 0.158. The standard InChI is InChI=1S/C16H20N2O4S3/c1-11(2)9-17-15(19)16(20)18-10-13(12-5-3-7-23-12)25(21,22)14-6-4-8-24-14/h3-8,11,13H,9-10H2,1-2H3,(H,17,19)(H,18,20)/t13-/m1/s1. The molecule has 0 fully saturated rings. The first-order valence-electron chi connectivity index (χ1n) is 7.69. The molecule has 2 N–H and O–H groups in total. The maximum atomic E-state index is 12.9. The second-order valence-corrected chi connectivity index (χ2v) is 10.1. The molecule has 0 unspecified atom stereocenters. The van der Waals surface area contributed by atoms with Gasteiger partial charge in [0.15, 0.2) is 9.84 Å². The van der Waals surface area contributed by atoms with Gasteiger partial charge in [-0.25, -0.2) is 8.42 Å². The molecule has 25 heavy (non-hydrogen) atoms. The maximum Gasteiger partial charge on any atom is 0.309 e. The van der Waals surface area contributed by atoms with Gasteiger partial charge in [0.2, 0.25) is 0 Å². The fourth-order valence-electron chi connectivity index (χ4n) is 2.05. The van der Waals surface area contributed by atoms with Gasteiger partial charge in [0.1, 0.15) is 9.46 Å². The molecule has 2 aromatic rings. The molecule has 2 rings (SSSR count). The Balaban J connectivity index is 2.11. The van der Waals surface area contributed by atoms with Crippen molar-refractivity contribution in [3.8, 4) is 0 Å². The van der Waals surface area contributed by atoms with Gasteiger partial charge in [-0.05, 0) is 28.8 Å². The molecule has 0 aliphatic carbocycles. The first-order chi connectivity index (χ1) is 11.8. The fourth-order valence-corrected chi connectivity index (χ4v) is 6.04. The van der Waals surface area contributed by atoms with Gasteiger partial charge in [-0.1, -0.05) is 26.0 Å². The number of nitrogens with one attached hydrogen (secondary N) is 2. The highest BCUT2D eigenvalue weighted by Gasteiger charge is 2.31. The van der Waals surface area contributed by atoms with Crippen molar-refractivity contribution in [2.45, 2.75) is 23.3 Å². The summed E-state index contributed by atoms with van der Waals surface area (Å²) in [6.45, 7) is 4.06. The van der Waals surface area contributed by atoms with Crippen LogP contribution in [0.4, 0.5) is 0 Å². The van der Waals surface area contributed by atoms with Crippen molar-refractivity contribution < 1.29 is 18.0 Å².